The number of carbonyl (C=O) groups is 3. The molecule has 0 atom stereocenters. The Morgan fingerprint density at radius 1 is 1.12 bits per heavy atom. The summed E-state index contributed by atoms with van der Waals surface area (Å²) in [6.45, 7) is 0. The van der Waals surface area contributed by atoms with Gasteiger partial charge in [-0.25, -0.2) is 0 Å². The minimum atomic E-state index is -0.687. The Bertz CT molecular complexity index is 953. The Labute approximate surface area is 140 Å². The molecule has 3 rings (SSSR count). The van der Waals surface area contributed by atoms with Crippen molar-refractivity contribution in [2.24, 2.45) is 0 Å². The number of amides is 3. The van der Waals surface area contributed by atoms with E-state index in [4.69, 9.17) is 0 Å². The lowest BCUT2D eigenvalue weighted by atomic mass is 10.1. The molecule has 1 heterocycles. The number of benzene rings is 2. The van der Waals surface area contributed by atoms with Crippen molar-refractivity contribution in [1.29, 1.82) is 0 Å². The first kappa shape index (κ1) is 16.1. The van der Waals surface area contributed by atoms with Crippen LogP contribution < -0.4 is 5.32 Å². The summed E-state index contributed by atoms with van der Waals surface area (Å²) in [7, 11) is 1.34. The van der Waals surface area contributed by atoms with E-state index in [1.54, 1.807) is 0 Å². The first-order valence-corrected chi connectivity index (χ1v) is 7.05. The van der Waals surface area contributed by atoms with Crippen LogP contribution in [-0.4, -0.2) is 39.7 Å². The molecule has 1 aliphatic rings. The lowest BCUT2D eigenvalue weighted by molar-refractivity contribution is -0.384. The largest absolute Gasteiger partial charge is 0.506 e. The maximum atomic E-state index is 12.3. The number of hydrogen-bond donors (Lipinski definition) is 2. The second-order valence-electron chi connectivity index (χ2n) is 5.34. The van der Waals surface area contributed by atoms with Gasteiger partial charge in [0, 0.05) is 24.7 Å². The highest BCUT2D eigenvalue weighted by Crippen LogP contribution is 2.29. The summed E-state index contributed by atoms with van der Waals surface area (Å²) in [5.74, 6) is -2.00. The van der Waals surface area contributed by atoms with Crippen LogP contribution in [-0.2, 0) is 0 Å². The van der Waals surface area contributed by atoms with Gasteiger partial charge in [-0.05, 0) is 24.3 Å². The molecule has 0 aromatic heterocycles. The minimum Gasteiger partial charge on any atom is -0.506 e. The molecule has 1 aliphatic heterocycles. The van der Waals surface area contributed by atoms with Gasteiger partial charge in [-0.15, -0.1) is 0 Å². The van der Waals surface area contributed by atoms with E-state index in [-0.39, 0.29) is 33.8 Å². The molecule has 0 bridgehead atoms. The van der Waals surface area contributed by atoms with Crippen LogP contribution in [0.5, 0.6) is 5.75 Å². The first-order valence-electron chi connectivity index (χ1n) is 7.05. The molecule has 0 spiro atoms. The molecular formula is C16H11N3O6. The number of anilines is 1. The van der Waals surface area contributed by atoms with E-state index < -0.39 is 22.6 Å². The Balaban J connectivity index is 1.91. The molecule has 25 heavy (non-hydrogen) atoms. The lowest BCUT2D eigenvalue weighted by Crippen LogP contribution is -2.24. The van der Waals surface area contributed by atoms with Crippen molar-refractivity contribution in [3.63, 3.8) is 0 Å². The van der Waals surface area contributed by atoms with E-state index >= 15 is 0 Å². The number of nitro groups is 1. The number of aromatic hydroxyl groups is 1. The number of nitro benzene ring substituents is 1. The highest BCUT2D eigenvalue weighted by Gasteiger charge is 2.33. The Morgan fingerprint density at radius 2 is 1.80 bits per heavy atom. The van der Waals surface area contributed by atoms with Crippen LogP contribution in [0.15, 0.2) is 36.4 Å². The summed E-state index contributed by atoms with van der Waals surface area (Å²) in [5, 5.41) is 22.9. The fourth-order valence-corrected chi connectivity index (χ4v) is 2.43. The number of nitrogens with one attached hydrogen (secondary N) is 1. The van der Waals surface area contributed by atoms with Gasteiger partial charge in [-0.3, -0.25) is 29.4 Å². The number of rotatable bonds is 3. The fourth-order valence-electron chi connectivity index (χ4n) is 2.43. The molecule has 3 amide bonds. The average molecular weight is 341 g/mol. The Hall–Kier alpha value is -3.75. The maximum absolute atomic E-state index is 12.3. The van der Waals surface area contributed by atoms with Gasteiger partial charge in [0.05, 0.1) is 21.7 Å². The van der Waals surface area contributed by atoms with Crippen LogP contribution in [0.4, 0.5) is 11.4 Å². The zero-order valence-corrected chi connectivity index (χ0v) is 12.8. The van der Waals surface area contributed by atoms with Gasteiger partial charge in [-0.1, -0.05) is 0 Å². The molecule has 2 N–H and O–H groups in total. The van der Waals surface area contributed by atoms with Gasteiger partial charge in [0.15, 0.2) is 0 Å². The smallest absolute Gasteiger partial charge is 0.271 e. The summed E-state index contributed by atoms with van der Waals surface area (Å²) in [4.78, 5) is 47.2. The number of imide groups is 1. The van der Waals surface area contributed by atoms with Crippen molar-refractivity contribution in [3.05, 3.63) is 63.2 Å². The number of phenolic OH excluding ortho intramolecular Hbond substituents is 1. The van der Waals surface area contributed by atoms with Crippen molar-refractivity contribution < 1.29 is 24.4 Å². The van der Waals surface area contributed by atoms with E-state index in [2.05, 4.69) is 5.32 Å². The van der Waals surface area contributed by atoms with E-state index in [0.717, 1.165) is 23.1 Å². The number of fused-ring (bicyclic) bond motifs is 1. The summed E-state index contributed by atoms with van der Waals surface area (Å²) in [5.41, 5.74) is -0.0737. The molecule has 2 aromatic carbocycles. The molecule has 9 heteroatoms. The third-order valence-corrected chi connectivity index (χ3v) is 3.79. The molecule has 0 unspecified atom stereocenters. The van der Waals surface area contributed by atoms with Crippen LogP contribution in [0.25, 0.3) is 0 Å². The minimum absolute atomic E-state index is 0.0705. The molecular weight excluding hydrogens is 330 g/mol. The van der Waals surface area contributed by atoms with Gasteiger partial charge in [0.1, 0.15) is 5.75 Å². The summed E-state index contributed by atoms with van der Waals surface area (Å²) < 4.78 is 0. The van der Waals surface area contributed by atoms with Gasteiger partial charge < -0.3 is 10.4 Å². The molecule has 9 nitrogen and oxygen atoms in total. The van der Waals surface area contributed by atoms with Crippen molar-refractivity contribution >= 4 is 29.1 Å². The molecule has 0 fully saturated rings. The standard InChI is InChI=1S/C16H11N3O6/c1-18-15(22)10-4-2-8(6-11(10)16(18)23)14(21)17-12-7-9(19(24)25)3-5-13(12)20/h2-7,20H,1H3,(H,17,21). The predicted octanol–water partition coefficient (Wildman–Crippen LogP) is 1.78. The average Bonchev–Trinajstić information content (AvgIpc) is 2.80. The number of carbonyl (C=O) groups excluding carboxylic acids is 3. The summed E-state index contributed by atoms with van der Waals surface area (Å²) in [6.07, 6.45) is 0. The van der Waals surface area contributed by atoms with Crippen LogP contribution in [0, 0.1) is 10.1 Å². The number of non-ortho nitro benzene ring substituents is 1. The SMILES string of the molecule is CN1C(=O)c2ccc(C(=O)Nc3cc([N+](=O)[O-])ccc3O)cc2C1=O. The van der Waals surface area contributed by atoms with Gasteiger partial charge in [-0.2, -0.15) is 0 Å². The normalized spacial score (nSPS) is 12.9. The summed E-state index contributed by atoms with van der Waals surface area (Å²) >= 11 is 0. The maximum Gasteiger partial charge on any atom is 0.271 e. The van der Waals surface area contributed by atoms with E-state index in [1.807, 2.05) is 0 Å². The quantitative estimate of drug-likeness (QED) is 0.379. The third-order valence-electron chi connectivity index (χ3n) is 3.79. The van der Waals surface area contributed by atoms with Crippen molar-refractivity contribution in [2.45, 2.75) is 0 Å². The highest BCUT2D eigenvalue weighted by atomic mass is 16.6. The van der Waals surface area contributed by atoms with E-state index in [9.17, 15) is 29.6 Å². The number of hydrogen-bond acceptors (Lipinski definition) is 6. The van der Waals surface area contributed by atoms with Crippen LogP contribution in [0.1, 0.15) is 31.1 Å². The van der Waals surface area contributed by atoms with Crippen molar-refractivity contribution in [2.75, 3.05) is 12.4 Å². The van der Waals surface area contributed by atoms with Crippen LogP contribution in [0.2, 0.25) is 0 Å². The second-order valence-corrected chi connectivity index (χ2v) is 5.34. The van der Waals surface area contributed by atoms with Crippen LogP contribution >= 0.6 is 0 Å². The van der Waals surface area contributed by atoms with Gasteiger partial charge >= 0.3 is 0 Å². The van der Waals surface area contributed by atoms with Crippen molar-refractivity contribution in [1.82, 2.24) is 4.90 Å². The predicted molar refractivity (Wildman–Crippen MR) is 85.6 cm³/mol. The second kappa shape index (κ2) is 5.71. The molecule has 0 radical (unpaired) electrons. The molecule has 0 saturated heterocycles. The Kier molecular flexibility index (Phi) is 3.68. The monoisotopic (exact) mass is 341 g/mol. The molecule has 0 aliphatic carbocycles. The van der Waals surface area contributed by atoms with E-state index in [0.29, 0.717) is 0 Å². The zero-order chi connectivity index (χ0) is 18.3. The number of nitrogens with zero attached hydrogens (tertiary/aromatic N) is 2. The lowest BCUT2D eigenvalue weighted by Gasteiger charge is -2.08. The van der Waals surface area contributed by atoms with Crippen LogP contribution in [0.3, 0.4) is 0 Å². The Morgan fingerprint density at radius 3 is 2.48 bits per heavy atom. The van der Waals surface area contributed by atoms with E-state index in [1.165, 1.54) is 25.2 Å². The van der Waals surface area contributed by atoms with Gasteiger partial charge in [0.2, 0.25) is 0 Å². The molecule has 126 valence electrons. The summed E-state index contributed by atoms with van der Waals surface area (Å²) in [6, 6.07) is 7.19. The first-order chi connectivity index (χ1) is 11.8. The van der Waals surface area contributed by atoms with Gasteiger partial charge in [0.25, 0.3) is 23.4 Å². The highest BCUT2D eigenvalue weighted by molar-refractivity contribution is 6.22. The third kappa shape index (κ3) is 2.67. The topological polar surface area (TPSA) is 130 Å². The van der Waals surface area contributed by atoms with Crippen molar-refractivity contribution in [3.8, 4) is 5.75 Å². The molecule has 2 aromatic rings. The zero-order valence-electron chi connectivity index (χ0n) is 12.8. The fraction of sp³-hybridized carbons (Fsp3) is 0.0625. The molecule has 0 saturated carbocycles. The number of phenols is 1.